The van der Waals surface area contributed by atoms with Crippen molar-refractivity contribution in [2.45, 2.75) is 13.3 Å². The van der Waals surface area contributed by atoms with Gasteiger partial charge in [0.15, 0.2) is 5.13 Å². The van der Waals surface area contributed by atoms with Crippen LogP contribution in [0.15, 0.2) is 28.9 Å². The minimum atomic E-state index is 0.952. The summed E-state index contributed by atoms with van der Waals surface area (Å²) in [6.07, 6.45) is 2.89. The maximum Gasteiger partial charge on any atom is 0.182 e. The quantitative estimate of drug-likeness (QED) is 0.931. The smallest absolute Gasteiger partial charge is 0.182 e. The fourth-order valence-electron chi connectivity index (χ4n) is 1.52. The predicted molar refractivity (Wildman–Crippen MR) is 73.3 cm³/mol. The lowest BCUT2D eigenvalue weighted by molar-refractivity contribution is 1.20. The van der Waals surface area contributed by atoms with Crippen molar-refractivity contribution in [3.05, 3.63) is 44.9 Å². The van der Waals surface area contributed by atoms with Gasteiger partial charge in [-0.05, 0) is 24.1 Å². The van der Waals surface area contributed by atoms with Crippen molar-refractivity contribution >= 4 is 32.4 Å². The Balaban J connectivity index is 2.17. The van der Waals surface area contributed by atoms with Crippen LogP contribution in [0.3, 0.4) is 0 Å². The zero-order valence-electron chi connectivity index (χ0n) is 9.25. The van der Waals surface area contributed by atoms with Crippen molar-refractivity contribution in [3.8, 4) is 0 Å². The number of thiazole rings is 1. The average molecular weight is 297 g/mol. The Morgan fingerprint density at radius 3 is 2.88 bits per heavy atom. The van der Waals surface area contributed by atoms with Crippen molar-refractivity contribution < 1.29 is 0 Å². The van der Waals surface area contributed by atoms with Crippen molar-refractivity contribution in [1.82, 2.24) is 4.98 Å². The van der Waals surface area contributed by atoms with E-state index in [0.29, 0.717) is 0 Å². The lowest BCUT2D eigenvalue weighted by atomic mass is 10.1. The van der Waals surface area contributed by atoms with Gasteiger partial charge in [0, 0.05) is 29.0 Å². The van der Waals surface area contributed by atoms with Gasteiger partial charge >= 0.3 is 0 Å². The molecule has 0 spiro atoms. The second-order valence-corrected chi connectivity index (χ2v) is 5.61. The van der Waals surface area contributed by atoms with Crippen LogP contribution in [-0.4, -0.2) is 12.0 Å². The molecule has 0 radical (unpaired) electrons. The van der Waals surface area contributed by atoms with Gasteiger partial charge in [0.25, 0.3) is 0 Å². The Hall–Kier alpha value is -0.870. The van der Waals surface area contributed by atoms with E-state index in [-0.39, 0.29) is 0 Å². The van der Waals surface area contributed by atoms with Crippen LogP contribution in [0.5, 0.6) is 0 Å². The Labute approximate surface area is 108 Å². The van der Waals surface area contributed by atoms with Crippen LogP contribution in [0.1, 0.15) is 16.0 Å². The second-order valence-electron chi connectivity index (χ2n) is 3.64. The molecule has 84 valence electrons. The molecule has 0 aliphatic rings. The first kappa shape index (κ1) is 11.6. The van der Waals surface area contributed by atoms with E-state index in [4.69, 9.17) is 0 Å². The third kappa shape index (κ3) is 2.62. The first-order valence-corrected chi connectivity index (χ1v) is 6.67. The summed E-state index contributed by atoms with van der Waals surface area (Å²) in [5, 5.41) is 4.03. The summed E-state index contributed by atoms with van der Waals surface area (Å²) in [7, 11) is 1.90. The molecule has 4 heteroatoms. The average Bonchev–Trinajstić information content (AvgIpc) is 2.71. The Kier molecular flexibility index (Phi) is 3.61. The van der Waals surface area contributed by atoms with Crippen molar-refractivity contribution in [1.29, 1.82) is 0 Å². The number of nitrogens with zero attached hydrogens (tertiary/aromatic N) is 1. The number of halogens is 1. The third-order valence-corrected chi connectivity index (χ3v) is 4.27. The van der Waals surface area contributed by atoms with Crippen LogP contribution < -0.4 is 5.32 Å². The Morgan fingerprint density at radius 1 is 1.44 bits per heavy atom. The molecule has 2 aromatic rings. The number of hydrogen-bond acceptors (Lipinski definition) is 3. The maximum absolute atomic E-state index is 4.27. The topological polar surface area (TPSA) is 24.9 Å². The molecule has 1 aromatic heterocycles. The van der Waals surface area contributed by atoms with E-state index in [1.54, 1.807) is 11.3 Å². The molecule has 0 amide bonds. The van der Waals surface area contributed by atoms with Gasteiger partial charge in [0.2, 0.25) is 0 Å². The fourth-order valence-corrected chi connectivity index (χ4v) is 2.57. The summed E-state index contributed by atoms with van der Waals surface area (Å²) >= 11 is 5.21. The van der Waals surface area contributed by atoms with Crippen LogP contribution in [0.2, 0.25) is 0 Å². The number of hydrogen-bond donors (Lipinski definition) is 1. The predicted octanol–water partition coefficient (Wildman–Crippen LogP) is 3.85. The molecule has 2 rings (SSSR count). The molecule has 0 atom stereocenters. The minimum Gasteiger partial charge on any atom is -0.365 e. The van der Waals surface area contributed by atoms with Gasteiger partial charge in [-0.2, -0.15) is 0 Å². The van der Waals surface area contributed by atoms with E-state index < -0.39 is 0 Å². The van der Waals surface area contributed by atoms with Crippen LogP contribution >= 0.6 is 27.3 Å². The zero-order valence-corrected chi connectivity index (χ0v) is 11.7. The molecular formula is C12H13BrN2S. The molecule has 0 saturated carbocycles. The number of benzene rings is 1. The molecule has 0 aliphatic carbocycles. The lowest BCUT2D eigenvalue weighted by Crippen LogP contribution is -1.86. The number of anilines is 1. The summed E-state index contributed by atoms with van der Waals surface area (Å²) in [4.78, 5) is 5.55. The van der Waals surface area contributed by atoms with E-state index in [1.807, 2.05) is 13.2 Å². The van der Waals surface area contributed by atoms with E-state index in [2.05, 4.69) is 51.4 Å². The molecule has 1 aromatic carbocycles. The summed E-state index contributed by atoms with van der Waals surface area (Å²) in [6, 6.07) is 6.46. The number of aromatic nitrogens is 1. The van der Waals surface area contributed by atoms with Gasteiger partial charge < -0.3 is 5.32 Å². The molecule has 2 nitrogen and oxygen atoms in total. The molecule has 1 heterocycles. The summed E-state index contributed by atoms with van der Waals surface area (Å²) in [6.45, 7) is 2.11. The van der Waals surface area contributed by atoms with Crippen molar-refractivity contribution in [2.24, 2.45) is 0 Å². The summed E-state index contributed by atoms with van der Waals surface area (Å²) in [5.41, 5.74) is 2.60. The summed E-state index contributed by atoms with van der Waals surface area (Å²) < 4.78 is 1.16. The maximum atomic E-state index is 4.27. The highest BCUT2D eigenvalue weighted by Crippen LogP contribution is 2.23. The molecule has 0 bridgehead atoms. The van der Waals surface area contributed by atoms with E-state index in [0.717, 1.165) is 16.0 Å². The van der Waals surface area contributed by atoms with Crippen LogP contribution in [-0.2, 0) is 6.42 Å². The number of nitrogens with one attached hydrogen (secondary N) is 1. The molecule has 16 heavy (non-hydrogen) atoms. The Morgan fingerprint density at radius 2 is 2.25 bits per heavy atom. The third-order valence-electron chi connectivity index (χ3n) is 2.37. The Bertz CT molecular complexity index is 494. The van der Waals surface area contributed by atoms with E-state index in [1.165, 1.54) is 16.0 Å². The van der Waals surface area contributed by atoms with Gasteiger partial charge in [0.1, 0.15) is 0 Å². The normalized spacial score (nSPS) is 10.4. The molecule has 0 fully saturated rings. The first-order chi connectivity index (χ1) is 7.69. The monoisotopic (exact) mass is 296 g/mol. The van der Waals surface area contributed by atoms with Crippen LogP contribution in [0.4, 0.5) is 5.13 Å². The molecule has 0 unspecified atom stereocenters. The summed E-state index contributed by atoms with van der Waals surface area (Å²) in [5.74, 6) is 0. The van der Waals surface area contributed by atoms with Gasteiger partial charge in [-0.15, -0.1) is 11.3 Å². The fraction of sp³-hybridized carbons (Fsp3) is 0.250. The number of rotatable bonds is 3. The minimum absolute atomic E-state index is 0.952. The highest BCUT2D eigenvalue weighted by molar-refractivity contribution is 9.10. The zero-order chi connectivity index (χ0) is 11.5. The number of aryl methyl sites for hydroxylation is 1. The highest BCUT2D eigenvalue weighted by atomic mass is 79.9. The standard InChI is InChI=1S/C12H13BrN2S/c1-8-5-9(3-4-11(8)13)6-10-7-15-12(14-2)16-10/h3-5,7H,6H2,1-2H3,(H,14,15). The highest BCUT2D eigenvalue weighted by Gasteiger charge is 2.03. The molecule has 0 aliphatic heterocycles. The van der Waals surface area contributed by atoms with Gasteiger partial charge in [0.05, 0.1) is 0 Å². The molecule has 1 N–H and O–H groups in total. The first-order valence-electron chi connectivity index (χ1n) is 5.06. The van der Waals surface area contributed by atoms with E-state index in [9.17, 15) is 0 Å². The SMILES string of the molecule is CNc1ncc(Cc2ccc(Br)c(C)c2)s1. The van der Waals surface area contributed by atoms with Crippen molar-refractivity contribution in [2.75, 3.05) is 12.4 Å². The molecular weight excluding hydrogens is 284 g/mol. The van der Waals surface area contributed by atoms with Crippen LogP contribution in [0.25, 0.3) is 0 Å². The molecule has 0 saturated heterocycles. The second kappa shape index (κ2) is 4.97. The van der Waals surface area contributed by atoms with Gasteiger partial charge in [-0.25, -0.2) is 4.98 Å². The van der Waals surface area contributed by atoms with Gasteiger partial charge in [-0.3, -0.25) is 0 Å². The largest absolute Gasteiger partial charge is 0.365 e. The van der Waals surface area contributed by atoms with Crippen molar-refractivity contribution in [3.63, 3.8) is 0 Å². The lowest BCUT2D eigenvalue weighted by Gasteiger charge is -2.02. The van der Waals surface area contributed by atoms with Crippen LogP contribution in [0, 0.1) is 6.92 Å². The van der Waals surface area contributed by atoms with Gasteiger partial charge in [-0.1, -0.05) is 28.1 Å². The van der Waals surface area contributed by atoms with E-state index >= 15 is 0 Å².